The number of hydrogen-bond acceptors (Lipinski definition) is 2. The molecule has 0 aromatic heterocycles. The fraction of sp³-hybridized carbons (Fsp3) is 0.800. The van der Waals surface area contributed by atoms with Crippen molar-refractivity contribution in [1.29, 1.82) is 0 Å². The van der Waals surface area contributed by atoms with Crippen LogP contribution in [-0.2, 0) is 4.79 Å². The molecule has 0 saturated carbocycles. The van der Waals surface area contributed by atoms with Crippen molar-refractivity contribution in [2.45, 2.75) is 39.5 Å². The second-order valence-electron chi connectivity index (χ2n) is 5.72. The number of likely N-dealkylation sites (tertiary alicyclic amines) is 1. The van der Waals surface area contributed by atoms with Gasteiger partial charge in [-0.05, 0) is 39.3 Å². The number of piperidine rings is 1. The monoisotopic (exact) mass is 252 g/mol. The van der Waals surface area contributed by atoms with E-state index < -0.39 is 0 Å². The minimum atomic E-state index is 0.0638. The molecule has 0 aromatic carbocycles. The zero-order chi connectivity index (χ0) is 13.5. The van der Waals surface area contributed by atoms with Crippen molar-refractivity contribution in [3.63, 3.8) is 0 Å². The number of nitrogens with zero attached hydrogens (tertiary/aromatic N) is 2. The molecule has 104 valence electrons. The van der Waals surface area contributed by atoms with Crippen LogP contribution in [0.25, 0.3) is 0 Å². The van der Waals surface area contributed by atoms with Gasteiger partial charge in [0.2, 0.25) is 5.91 Å². The molecule has 1 rings (SSSR count). The lowest BCUT2D eigenvalue weighted by Gasteiger charge is -2.29. The van der Waals surface area contributed by atoms with Crippen LogP contribution >= 0.6 is 0 Å². The molecule has 0 N–H and O–H groups in total. The topological polar surface area (TPSA) is 23.6 Å². The number of allylic oxidation sites excluding steroid dienone is 1. The first-order valence-corrected chi connectivity index (χ1v) is 7.12. The molecular weight excluding hydrogens is 224 g/mol. The summed E-state index contributed by atoms with van der Waals surface area (Å²) < 4.78 is 0. The third-order valence-corrected chi connectivity index (χ3v) is 3.65. The van der Waals surface area contributed by atoms with Crippen LogP contribution in [0, 0.1) is 5.92 Å². The lowest BCUT2D eigenvalue weighted by atomic mass is 10.0. The first kappa shape index (κ1) is 15.2. The van der Waals surface area contributed by atoms with Crippen molar-refractivity contribution < 1.29 is 4.79 Å². The third kappa shape index (κ3) is 5.21. The SMILES string of the molecule is C=C(C)CC(C)C(=O)N(C)CCN1CCCCC1. The van der Waals surface area contributed by atoms with E-state index >= 15 is 0 Å². The highest BCUT2D eigenvalue weighted by Gasteiger charge is 2.18. The number of likely N-dealkylation sites (N-methyl/N-ethyl adjacent to an activating group) is 1. The molecule has 0 aliphatic carbocycles. The Morgan fingerprint density at radius 1 is 1.33 bits per heavy atom. The Labute approximate surface area is 112 Å². The molecular formula is C15H28N2O. The van der Waals surface area contributed by atoms with E-state index in [1.165, 1.54) is 32.4 Å². The number of carbonyl (C=O) groups is 1. The van der Waals surface area contributed by atoms with Crippen molar-refractivity contribution in [2.24, 2.45) is 5.92 Å². The highest BCUT2D eigenvalue weighted by Crippen LogP contribution is 2.12. The summed E-state index contributed by atoms with van der Waals surface area (Å²) in [5.74, 6) is 0.309. The van der Waals surface area contributed by atoms with Gasteiger partial charge in [0.1, 0.15) is 0 Å². The first-order valence-electron chi connectivity index (χ1n) is 7.12. The van der Waals surface area contributed by atoms with Gasteiger partial charge in [-0.1, -0.05) is 18.9 Å². The fourth-order valence-electron chi connectivity index (χ4n) is 2.57. The van der Waals surface area contributed by atoms with E-state index in [9.17, 15) is 4.79 Å². The Kier molecular flexibility index (Phi) is 6.41. The molecule has 1 amide bonds. The van der Waals surface area contributed by atoms with Crippen LogP contribution in [0.2, 0.25) is 0 Å². The lowest BCUT2D eigenvalue weighted by molar-refractivity contribution is -0.133. The van der Waals surface area contributed by atoms with Crippen LogP contribution in [0.4, 0.5) is 0 Å². The van der Waals surface area contributed by atoms with Gasteiger partial charge in [-0.25, -0.2) is 0 Å². The lowest BCUT2D eigenvalue weighted by Crippen LogP contribution is -2.40. The van der Waals surface area contributed by atoms with Crippen molar-refractivity contribution in [1.82, 2.24) is 9.80 Å². The van der Waals surface area contributed by atoms with Gasteiger partial charge in [-0.15, -0.1) is 6.58 Å². The maximum Gasteiger partial charge on any atom is 0.225 e. The molecule has 18 heavy (non-hydrogen) atoms. The van der Waals surface area contributed by atoms with Crippen molar-refractivity contribution in [3.05, 3.63) is 12.2 Å². The molecule has 1 aliphatic rings. The summed E-state index contributed by atoms with van der Waals surface area (Å²) >= 11 is 0. The smallest absolute Gasteiger partial charge is 0.225 e. The predicted octanol–water partition coefficient (Wildman–Crippen LogP) is 2.53. The van der Waals surface area contributed by atoms with E-state index in [1.54, 1.807) is 0 Å². The van der Waals surface area contributed by atoms with Crippen LogP contribution in [0.5, 0.6) is 0 Å². The summed E-state index contributed by atoms with van der Waals surface area (Å²) in [4.78, 5) is 16.5. The maximum absolute atomic E-state index is 12.1. The van der Waals surface area contributed by atoms with Gasteiger partial charge in [0.15, 0.2) is 0 Å². The highest BCUT2D eigenvalue weighted by atomic mass is 16.2. The van der Waals surface area contributed by atoms with Crippen molar-refractivity contribution >= 4 is 5.91 Å². The number of rotatable bonds is 6. The Bertz CT molecular complexity index is 282. The molecule has 1 unspecified atom stereocenters. The molecule has 3 heteroatoms. The predicted molar refractivity (Wildman–Crippen MR) is 76.5 cm³/mol. The van der Waals surface area contributed by atoms with Gasteiger partial charge in [0.05, 0.1) is 0 Å². The van der Waals surface area contributed by atoms with Gasteiger partial charge in [0, 0.05) is 26.1 Å². The van der Waals surface area contributed by atoms with Crippen LogP contribution in [0.1, 0.15) is 39.5 Å². The third-order valence-electron chi connectivity index (χ3n) is 3.65. The molecule has 1 atom stereocenters. The quantitative estimate of drug-likeness (QED) is 0.678. The molecule has 0 aromatic rings. The first-order chi connectivity index (χ1) is 8.50. The molecule has 0 spiro atoms. The molecule has 3 nitrogen and oxygen atoms in total. The van der Waals surface area contributed by atoms with E-state index in [2.05, 4.69) is 11.5 Å². The van der Waals surface area contributed by atoms with Crippen LogP contribution in [0.15, 0.2) is 12.2 Å². The Morgan fingerprint density at radius 3 is 2.50 bits per heavy atom. The van der Waals surface area contributed by atoms with Gasteiger partial charge < -0.3 is 9.80 Å². The number of hydrogen-bond donors (Lipinski definition) is 0. The molecule has 1 aliphatic heterocycles. The Morgan fingerprint density at radius 2 is 1.94 bits per heavy atom. The molecule has 0 radical (unpaired) electrons. The highest BCUT2D eigenvalue weighted by molar-refractivity contribution is 5.78. The van der Waals surface area contributed by atoms with Crippen LogP contribution in [0.3, 0.4) is 0 Å². The second kappa shape index (κ2) is 7.57. The van der Waals surface area contributed by atoms with E-state index in [1.807, 2.05) is 25.8 Å². The van der Waals surface area contributed by atoms with Crippen molar-refractivity contribution in [2.75, 3.05) is 33.2 Å². The van der Waals surface area contributed by atoms with Gasteiger partial charge >= 0.3 is 0 Å². The largest absolute Gasteiger partial charge is 0.344 e. The normalized spacial score (nSPS) is 18.4. The summed E-state index contributed by atoms with van der Waals surface area (Å²) in [6.07, 6.45) is 4.78. The second-order valence-corrected chi connectivity index (χ2v) is 5.72. The van der Waals surface area contributed by atoms with Crippen LogP contribution in [-0.4, -0.2) is 48.9 Å². The van der Waals surface area contributed by atoms with E-state index in [0.717, 1.165) is 25.1 Å². The van der Waals surface area contributed by atoms with E-state index in [-0.39, 0.29) is 11.8 Å². The minimum Gasteiger partial charge on any atom is -0.344 e. The average molecular weight is 252 g/mol. The minimum absolute atomic E-state index is 0.0638. The Hall–Kier alpha value is -0.830. The molecule has 0 bridgehead atoms. The molecule has 1 heterocycles. The van der Waals surface area contributed by atoms with E-state index in [4.69, 9.17) is 0 Å². The van der Waals surface area contributed by atoms with Crippen LogP contribution < -0.4 is 0 Å². The van der Waals surface area contributed by atoms with Gasteiger partial charge in [-0.2, -0.15) is 0 Å². The standard InChI is InChI=1S/C15H28N2O/c1-13(2)12-14(3)15(18)16(4)10-11-17-8-6-5-7-9-17/h14H,1,5-12H2,2-4H3. The fourth-order valence-corrected chi connectivity index (χ4v) is 2.57. The summed E-state index contributed by atoms with van der Waals surface area (Å²) in [5, 5.41) is 0. The van der Waals surface area contributed by atoms with Gasteiger partial charge in [0.25, 0.3) is 0 Å². The maximum atomic E-state index is 12.1. The zero-order valence-electron chi connectivity index (χ0n) is 12.2. The number of amides is 1. The van der Waals surface area contributed by atoms with Crippen molar-refractivity contribution in [3.8, 4) is 0 Å². The summed E-state index contributed by atoms with van der Waals surface area (Å²) in [5.41, 5.74) is 1.08. The van der Waals surface area contributed by atoms with E-state index in [0.29, 0.717) is 0 Å². The molecule has 1 saturated heterocycles. The van der Waals surface area contributed by atoms with Gasteiger partial charge in [-0.3, -0.25) is 4.79 Å². The summed E-state index contributed by atoms with van der Waals surface area (Å²) in [7, 11) is 1.92. The summed E-state index contributed by atoms with van der Waals surface area (Å²) in [6, 6.07) is 0. The summed E-state index contributed by atoms with van der Waals surface area (Å²) in [6.45, 7) is 12.1. The molecule has 1 fully saturated rings. The Balaban J connectivity index is 2.28. The average Bonchev–Trinajstić information content (AvgIpc) is 2.35. The zero-order valence-corrected chi connectivity index (χ0v) is 12.2. The number of carbonyl (C=O) groups excluding carboxylic acids is 1.